The zero-order chi connectivity index (χ0) is 10.6. The second-order valence-corrected chi connectivity index (χ2v) is 5.21. The maximum atomic E-state index is 5.83. The summed E-state index contributed by atoms with van der Waals surface area (Å²) in [7, 11) is 0. The van der Waals surface area contributed by atoms with Crippen LogP contribution in [0.4, 0.5) is 0 Å². The molecule has 2 unspecified atom stereocenters. The number of nitrogens with two attached hydrogens (primary N) is 1. The van der Waals surface area contributed by atoms with Crippen LogP contribution in [0.25, 0.3) is 0 Å². The molecule has 1 heterocycles. The minimum atomic E-state index is 0.325. The van der Waals surface area contributed by atoms with Gasteiger partial charge in [-0.05, 0) is 51.1 Å². The molecule has 0 aromatic carbocycles. The Kier molecular flexibility index (Phi) is 4.90. The topological polar surface area (TPSA) is 29.3 Å². The van der Waals surface area contributed by atoms with Gasteiger partial charge in [0.25, 0.3) is 0 Å². The third-order valence-electron chi connectivity index (χ3n) is 3.35. The summed E-state index contributed by atoms with van der Waals surface area (Å²) >= 11 is 0. The van der Waals surface area contributed by atoms with E-state index in [0.29, 0.717) is 6.04 Å². The average Bonchev–Trinajstić information content (AvgIpc) is 2.28. The largest absolute Gasteiger partial charge is 0.327 e. The first-order valence-corrected chi connectivity index (χ1v) is 6.07. The summed E-state index contributed by atoms with van der Waals surface area (Å²) in [5.74, 6) is 1.79. The smallest absolute Gasteiger partial charge is 0.0139 e. The van der Waals surface area contributed by atoms with Crippen molar-refractivity contribution in [1.82, 2.24) is 4.90 Å². The predicted molar refractivity (Wildman–Crippen MR) is 62.3 cm³/mol. The molecule has 2 N–H and O–H groups in total. The van der Waals surface area contributed by atoms with E-state index in [4.69, 9.17) is 5.73 Å². The lowest BCUT2D eigenvalue weighted by molar-refractivity contribution is 0.261. The molecule has 2 heteroatoms. The second-order valence-electron chi connectivity index (χ2n) is 5.21. The van der Waals surface area contributed by atoms with Gasteiger partial charge < -0.3 is 10.6 Å². The highest BCUT2D eigenvalue weighted by atomic mass is 15.1. The summed E-state index contributed by atoms with van der Waals surface area (Å²) in [6.07, 6.45) is 4.13. The van der Waals surface area contributed by atoms with Crippen LogP contribution in [0.5, 0.6) is 0 Å². The van der Waals surface area contributed by atoms with Crippen molar-refractivity contribution in [3.05, 3.63) is 0 Å². The molecule has 0 spiro atoms. The third kappa shape index (κ3) is 3.97. The first kappa shape index (κ1) is 12.0. The molecule has 1 saturated heterocycles. The van der Waals surface area contributed by atoms with Gasteiger partial charge in [0.1, 0.15) is 0 Å². The first-order valence-electron chi connectivity index (χ1n) is 6.07. The Hall–Kier alpha value is -0.0800. The lowest BCUT2D eigenvalue weighted by Crippen LogP contribution is -2.36. The summed E-state index contributed by atoms with van der Waals surface area (Å²) < 4.78 is 0. The van der Waals surface area contributed by atoms with E-state index in [9.17, 15) is 0 Å². The molecular formula is C12H26N2. The molecular weight excluding hydrogens is 172 g/mol. The normalized spacial score (nSPS) is 27.6. The highest BCUT2D eigenvalue weighted by Crippen LogP contribution is 2.24. The van der Waals surface area contributed by atoms with Gasteiger partial charge in [-0.3, -0.25) is 0 Å². The summed E-state index contributed by atoms with van der Waals surface area (Å²) in [5.41, 5.74) is 5.83. The van der Waals surface area contributed by atoms with E-state index in [1.165, 1.54) is 32.4 Å². The van der Waals surface area contributed by atoms with Crippen LogP contribution in [0.3, 0.4) is 0 Å². The van der Waals surface area contributed by atoms with Crippen molar-refractivity contribution in [1.29, 1.82) is 0 Å². The number of nitrogens with zero attached hydrogens (tertiary/aromatic N) is 1. The zero-order valence-electron chi connectivity index (χ0n) is 10.00. The molecule has 0 bridgehead atoms. The molecule has 1 aliphatic rings. The molecule has 0 saturated carbocycles. The minimum absolute atomic E-state index is 0.325. The van der Waals surface area contributed by atoms with Crippen LogP contribution in [0.15, 0.2) is 0 Å². The number of hydrogen-bond donors (Lipinski definition) is 1. The molecule has 84 valence electrons. The highest BCUT2D eigenvalue weighted by Gasteiger charge is 2.19. The summed E-state index contributed by atoms with van der Waals surface area (Å²) in [5, 5.41) is 0. The van der Waals surface area contributed by atoms with Gasteiger partial charge in [0.05, 0.1) is 0 Å². The maximum absolute atomic E-state index is 5.83. The lowest BCUT2D eigenvalue weighted by atomic mass is 9.89. The van der Waals surface area contributed by atoms with Crippen molar-refractivity contribution in [2.45, 2.75) is 46.1 Å². The van der Waals surface area contributed by atoms with Crippen LogP contribution in [-0.4, -0.2) is 30.6 Å². The van der Waals surface area contributed by atoms with Gasteiger partial charge in [0, 0.05) is 12.6 Å². The molecule has 0 amide bonds. The van der Waals surface area contributed by atoms with Crippen LogP contribution in [-0.2, 0) is 0 Å². The Bertz CT molecular complexity index is 154. The molecule has 1 aliphatic heterocycles. The van der Waals surface area contributed by atoms with Crippen molar-refractivity contribution in [3.63, 3.8) is 0 Å². The molecule has 2 nitrogen and oxygen atoms in total. The Labute approximate surface area is 88.8 Å². The molecule has 1 fully saturated rings. The van der Waals surface area contributed by atoms with Gasteiger partial charge in [-0.25, -0.2) is 0 Å². The highest BCUT2D eigenvalue weighted by molar-refractivity contribution is 4.73. The van der Waals surface area contributed by atoms with Gasteiger partial charge in [-0.15, -0.1) is 0 Å². The fraction of sp³-hybridized carbons (Fsp3) is 1.00. The predicted octanol–water partition coefficient (Wildman–Crippen LogP) is 2.09. The Morgan fingerprint density at radius 2 is 1.93 bits per heavy atom. The summed E-state index contributed by atoms with van der Waals surface area (Å²) in [4.78, 5) is 2.53. The van der Waals surface area contributed by atoms with Crippen LogP contribution >= 0.6 is 0 Å². The van der Waals surface area contributed by atoms with Crippen molar-refractivity contribution in [3.8, 4) is 0 Å². The minimum Gasteiger partial charge on any atom is -0.327 e. The van der Waals surface area contributed by atoms with Crippen LogP contribution < -0.4 is 5.73 Å². The van der Waals surface area contributed by atoms with Gasteiger partial charge in [-0.2, -0.15) is 0 Å². The fourth-order valence-electron chi connectivity index (χ4n) is 2.44. The Balaban J connectivity index is 2.33. The van der Waals surface area contributed by atoms with E-state index in [1.807, 2.05) is 0 Å². The molecule has 2 atom stereocenters. The molecule has 0 radical (unpaired) electrons. The molecule has 0 aliphatic carbocycles. The number of hydrogen-bond acceptors (Lipinski definition) is 2. The summed E-state index contributed by atoms with van der Waals surface area (Å²) in [6, 6.07) is 0.325. The van der Waals surface area contributed by atoms with Gasteiger partial charge in [0.2, 0.25) is 0 Å². The number of likely N-dealkylation sites (tertiary alicyclic amines) is 1. The Morgan fingerprint density at radius 3 is 2.50 bits per heavy atom. The van der Waals surface area contributed by atoms with Gasteiger partial charge in [0.15, 0.2) is 0 Å². The van der Waals surface area contributed by atoms with E-state index >= 15 is 0 Å². The lowest BCUT2D eigenvalue weighted by Gasteiger charge is -2.22. The van der Waals surface area contributed by atoms with E-state index in [1.54, 1.807) is 0 Å². The average molecular weight is 198 g/mol. The van der Waals surface area contributed by atoms with Crippen LogP contribution in [0.2, 0.25) is 0 Å². The standard InChI is InChI=1S/C12H26N2/c1-10(2)12-5-4-7-14(8-6-12)9-11(3)13/h10-12H,4-9,13H2,1-3H3. The second kappa shape index (κ2) is 5.72. The fourth-order valence-corrected chi connectivity index (χ4v) is 2.44. The SMILES string of the molecule is CC(N)CN1CCCC(C(C)C)CC1. The van der Waals surface area contributed by atoms with Crippen molar-refractivity contribution < 1.29 is 0 Å². The van der Waals surface area contributed by atoms with E-state index in [-0.39, 0.29) is 0 Å². The molecule has 0 aromatic rings. The molecule has 1 rings (SSSR count). The van der Waals surface area contributed by atoms with Crippen LogP contribution in [0, 0.1) is 11.8 Å². The first-order chi connectivity index (χ1) is 6.59. The van der Waals surface area contributed by atoms with Crippen molar-refractivity contribution in [2.75, 3.05) is 19.6 Å². The van der Waals surface area contributed by atoms with E-state index in [0.717, 1.165) is 18.4 Å². The van der Waals surface area contributed by atoms with E-state index < -0.39 is 0 Å². The monoisotopic (exact) mass is 198 g/mol. The van der Waals surface area contributed by atoms with E-state index in [2.05, 4.69) is 25.7 Å². The third-order valence-corrected chi connectivity index (χ3v) is 3.35. The van der Waals surface area contributed by atoms with Crippen molar-refractivity contribution >= 4 is 0 Å². The van der Waals surface area contributed by atoms with Crippen LogP contribution in [0.1, 0.15) is 40.0 Å². The van der Waals surface area contributed by atoms with Gasteiger partial charge >= 0.3 is 0 Å². The van der Waals surface area contributed by atoms with Crippen molar-refractivity contribution in [2.24, 2.45) is 17.6 Å². The van der Waals surface area contributed by atoms with Gasteiger partial charge in [-0.1, -0.05) is 13.8 Å². The number of rotatable bonds is 3. The summed E-state index contributed by atoms with van der Waals surface area (Å²) in [6.45, 7) is 10.4. The molecule has 14 heavy (non-hydrogen) atoms. The zero-order valence-corrected chi connectivity index (χ0v) is 10.00. The quantitative estimate of drug-likeness (QED) is 0.752. The molecule has 0 aromatic heterocycles. The Morgan fingerprint density at radius 1 is 1.21 bits per heavy atom. The maximum Gasteiger partial charge on any atom is 0.0139 e.